The van der Waals surface area contributed by atoms with Crippen molar-refractivity contribution >= 4 is 27.3 Å². The maximum absolute atomic E-state index is 13.3. The molecule has 1 aliphatic heterocycles. The molecule has 3 aromatic rings. The molecule has 2 aromatic carbocycles. The van der Waals surface area contributed by atoms with Crippen molar-refractivity contribution in [1.82, 2.24) is 9.62 Å². The molecule has 1 amide bonds. The van der Waals surface area contributed by atoms with Crippen molar-refractivity contribution < 1.29 is 22.0 Å². The van der Waals surface area contributed by atoms with Crippen molar-refractivity contribution in [3.63, 3.8) is 0 Å². The van der Waals surface area contributed by atoms with Gasteiger partial charge in [-0.2, -0.15) is 0 Å². The lowest BCUT2D eigenvalue weighted by Gasteiger charge is -2.39. The third-order valence-electron chi connectivity index (χ3n) is 6.35. The van der Waals surface area contributed by atoms with Gasteiger partial charge in [-0.25, -0.2) is 17.5 Å². The van der Waals surface area contributed by atoms with E-state index >= 15 is 0 Å². The zero-order valence-corrected chi connectivity index (χ0v) is 21.2. The molecule has 1 fully saturated rings. The van der Waals surface area contributed by atoms with Crippen molar-refractivity contribution in [1.29, 1.82) is 0 Å². The van der Waals surface area contributed by atoms with E-state index in [1.807, 2.05) is 6.07 Å². The highest BCUT2D eigenvalue weighted by Gasteiger charge is 2.29. The van der Waals surface area contributed by atoms with Crippen LogP contribution in [0.3, 0.4) is 0 Å². The molecule has 0 spiro atoms. The maximum Gasteiger partial charge on any atom is 0.240 e. The van der Waals surface area contributed by atoms with Crippen molar-refractivity contribution in [2.75, 3.05) is 42.9 Å². The number of carbonyl (C=O) groups excluding carboxylic acids is 1. The van der Waals surface area contributed by atoms with Crippen LogP contribution in [0.4, 0.5) is 15.8 Å². The Hall–Kier alpha value is -3.21. The Morgan fingerprint density at radius 1 is 1.08 bits per heavy atom. The summed E-state index contributed by atoms with van der Waals surface area (Å²) < 4.78 is 48.0. The maximum atomic E-state index is 13.3. The highest BCUT2D eigenvalue weighted by atomic mass is 32.2. The predicted octanol–water partition coefficient (Wildman–Crippen LogP) is 3.92. The molecule has 2 N–H and O–H groups in total. The predicted molar refractivity (Wildman–Crippen MR) is 137 cm³/mol. The lowest BCUT2D eigenvalue weighted by Crippen LogP contribution is -2.49. The first kappa shape index (κ1) is 25.9. The minimum Gasteiger partial charge on any atom is -0.468 e. The summed E-state index contributed by atoms with van der Waals surface area (Å²) in [4.78, 5) is 16.2. The highest BCUT2D eigenvalue weighted by Crippen LogP contribution is 2.26. The van der Waals surface area contributed by atoms with Gasteiger partial charge in [0.15, 0.2) is 0 Å². The largest absolute Gasteiger partial charge is 0.468 e. The molecule has 1 saturated heterocycles. The van der Waals surface area contributed by atoms with E-state index in [0.717, 1.165) is 18.8 Å². The molecular weight excluding hydrogens is 483 g/mol. The zero-order chi connectivity index (χ0) is 25.7. The number of hydrogen-bond acceptors (Lipinski definition) is 6. The monoisotopic (exact) mass is 514 g/mol. The SMILES string of the molecule is CCC(=O)Nc1ccc(S(=O)(=O)NCC(c2ccco2)N2CCN(c3ccc(F)cc3)CC2)c(C)c1. The number of furan rings is 1. The topological polar surface area (TPSA) is 94.9 Å². The summed E-state index contributed by atoms with van der Waals surface area (Å²) in [5.74, 6) is 0.282. The van der Waals surface area contributed by atoms with E-state index in [1.54, 1.807) is 50.4 Å². The lowest BCUT2D eigenvalue weighted by atomic mass is 10.1. The molecular formula is C26H31FN4O4S. The van der Waals surface area contributed by atoms with E-state index in [4.69, 9.17) is 4.42 Å². The number of amides is 1. The van der Waals surface area contributed by atoms with Crippen molar-refractivity contribution in [3.8, 4) is 0 Å². The molecule has 8 nitrogen and oxygen atoms in total. The minimum atomic E-state index is -3.80. The summed E-state index contributed by atoms with van der Waals surface area (Å²) >= 11 is 0. The molecule has 0 saturated carbocycles. The number of halogens is 1. The molecule has 1 aromatic heterocycles. The van der Waals surface area contributed by atoms with E-state index in [9.17, 15) is 17.6 Å². The average Bonchev–Trinajstić information content (AvgIpc) is 3.39. The summed E-state index contributed by atoms with van der Waals surface area (Å²) in [6.07, 6.45) is 1.92. The summed E-state index contributed by atoms with van der Waals surface area (Å²) in [6.45, 7) is 6.42. The van der Waals surface area contributed by atoms with Gasteiger partial charge in [0.25, 0.3) is 0 Å². The lowest BCUT2D eigenvalue weighted by molar-refractivity contribution is -0.115. The van der Waals surface area contributed by atoms with E-state index < -0.39 is 10.0 Å². The number of nitrogens with zero attached hydrogens (tertiary/aromatic N) is 2. The molecule has 1 atom stereocenters. The first-order valence-electron chi connectivity index (χ1n) is 11.9. The van der Waals surface area contributed by atoms with Gasteiger partial charge in [-0.15, -0.1) is 0 Å². The van der Waals surface area contributed by atoms with Gasteiger partial charge < -0.3 is 14.6 Å². The standard InChI is InChI=1S/C26H31FN4O4S/c1-3-26(32)29-21-8-11-25(19(2)17-21)36(33,34)28-18-23(24-5-4-16-35-24)31-14-12-30(13-15-31)22-9-6-20(27)7-10-22/h4-11,16-17,23,28H,3,12-15,18H2,1-2H3,(H,29,32). The fourth-order valence-corrected chi connectivity index (χ4v) is 5.64. The molecule has 0 bridgehead atoms. The molecule has 36 heavy (non-hydrogen) atoms. The number of sulfonamides is 1. The van der Waals surface area contributed by atoms with Crippen molar-refractivity contribution in [3.05, 3.63) is 78.0 Å². The van der Waals surface area contributed by atoms with Crippen LogP contribution >= 0.6 is 0 Å². The summed E-state index contributed by atoms with van der Waals surface area (Å²) in [6, 6.07) is 14.5. The van der Waals surface area contributed by atoms with Gasteiger partial charge in [-0.05, 0) is 67.1 Å². The Morgan fingerprint density at radius 2 is 1.81 bits per heavy atom. The van der Waals surface area contributed by atoms with Gasteiger partial charge in [0.2, 0.25) is 15.9 Å². The van der Waals surface area contributed by atoms with Crippen LogP contribution < -0.4 is 14.9 Å². The van der Waals surface area contributed by atoms with Gasteiger partial charge in [0, 0.05) is 50.5 Å². The first-order valence-corrected chi connectivity index (χ1v) is 13.4. The Kier molecular flexibility index (Phi) is 8.07. The second-order valence-corrected chi connectivity index (χ2v) is 10.5. The number of hydrogen-bond donors (Lipinski definition) is 2. The molecule has 192 valence electrons. The van der Waals surface area contributed by atoms with Gasteiger partial charge in [0.05, 0.1) is 17.2 Å². The molecule has 4 rings (SSSR count). The second-order valence-electron chi connectivity index (χ2n) is 8.76. The zero-order valence-electron chi connectivity index (χ0n) is 20.4. The number of nitrogens with one attached hydrogen (secondary N) is 2. The Morgan fingerprint density at radius 3 is 2.42 bits per heavy atom. The Balaban J connectivity index is 1.44. The Labute approximate surface area is 211 Å². The number of carbonyl (C=O) groups is 1. The summed E-state index contributed by atoms with van der Waals surface area (Å²) in [5.41, 5.74) is 2.06. The highest BCUT2D eigenvalue weighted by molar-refractivity contribution is 7.89. The van der Waals surface area contributed by atoms with Crippen LogP contribution in [0.5, 0.6) is 0 Å². The smallest absolute Gasteiger partial charge is 0.240 e. The number of anilines is 2. The van der Waals surface area contributed by atoms with Crippen LogP contribution in [0.25, 0.3) is 0 Å². The Bertz CT molecular complexity index is 1270. The van der Waals surface area contributed by atoms with Crippen molar-refractivity contribution in [2.45, 2.75) is 31.2 Å². The quantitative estimate of drug-likeness (QED) is 0.450. The third kappa shape index (κ3) is 6.13. The van der Waals surface area contributed by atoms with Gasteiger partial charge in [0.1, 0.15) is 11.6 Å². The van der Waals surface area contributed by atoms with Crippen LogP contribution in [0.1, 0.15) is 30.7 Å². The number of aryl methyl sites for hydroxylation is 1. The fourth-order valence-electron chi connectivity index (χ4n) is 4.38. The average molecular weight is 515 g/mol. The van der Waals surface area contributed by atoms with E-state index in [-0.39, 0.29) is 29.2 Å². The van der Waals surface area contributed by atoms with Crippen LogP contribution in [0.2, 0.25) is 0 Å². The third-order valence-corrected chi connectivity index (χ3v) is 7.94. The molecule has 0 radical (unpaired) electrons. The van der Waals surface area contributed by atoms with E-state index in [2.05, 4.69) is 19.8 Å². The first-order chi connectivity index (χ1) is 17.3. The molecule has 10 heteroatoms. The molecule has 1 aliphatic rings. The van der Waals surface area contributed by atoms with Gasteiger partial charge in [-0.3, -0.25) is 9.69 Å². The second kappa shape index (κ2) is 11.2. The normalized spacial score (nSPS) is 15.6. The number of benzene rings is 2. The van der Waals surface area contributed by atoms with Gasteiger partial charge in [-0.1, -0.05) is 6.92 Å². The van der Waals surface area contributed by atoms with Crippen LogP contribution in [0, 0.1) is 12.7 Å². The minimum absolute atomic E-state index is 0.135. The van der Waals surface area contributed by atoms with Gasteiger partial charge >= 0.3 is 0 Å². The number of piperazine rings is 1. The van der Waals surface area contributed by atoms with E-state index in [0.29, 0.717) is 36.5 Å². The van der Waals surface area contributed by atoms with E-state index in [1.165, 1.54) is 18.2 Å². The van der Waals surface area contributed by atoms with Crippen LogP contribution in [-0.4, -0.2) is 51.9 Å². The van der Waals surface area contributed by atoms with Crippen LogP contribution in [0.15, 0.2) is 70.2 Å². The molecule has 1 unspecified atom stereocenters. The fraction of sp³-hybridized carbons (Fsp3) is 0.346. The van der Waals surface area contributed by atoms with Crippen LogP contribution in [-0.2, 0) is 14.8 Å². The summed E-state index contributed by atoms with van der Waals surface area (Å²) in [7, 11) is -3.80. The summed E-state index contributed by atoms with van der Waals surface area (Å²) in [5, 5.41) is 2.75. The number of rotatable bonds is 9. The van der Waals surface area contributed by atoms with Crippen molar-refractivity contribution in [2.24, 2.45) is 0 Å². The molecule has 2 heterocycles. The molecule has 0 aliphatic carbocycles.